The van der Waals surface area contributed by atoms with Gasteiger partial charge in [0.1, 0.15) is 0 Å². The quantitative estimate of drug-likeness (QED) is 0.589. The molecule has 0 aromatic carbocycles. The fraction of sp³-hybridized carbons (Fsp3) is 0.833. The molecule has 0 saturated carbocycles. The molecule has 0 unspecified atom stereocenters. The van der Waals surface area contributed by atoms with Gasteiger partial charge in [-0.3, -0.25) is 4.90 Å². The third-order valence-corrected chi connectivity index (χ3v) is 2.59. The summed E-state index contributed by atoms with van der Waals surface area (Å²) in [7, 11) is 4.11. The largest absolute Gasteiger partial charge is 0.296 e. The number of unbranched alkanes of at least 4 members (excludes halogenated alkanes) is 1. The van der Waals surface area contributed by atoms with Gasteiger partial charge in [-0.2, -0.15) is 0 Å². The minimum Gasteiger partial charge on any atom is -0.296 e. The predicted octanol–water partition coefficient (Wildman–Crippen LogP) is 2.77. The molecular formula is C12H23N. The van der Waals surface area contributed by atoms with Crippen LogP contribution in [0.1, 0.15) is 40.0 Å². The normalized spacial score (nSPS) is 14.2. The lowest BCUT2D eigenvalue weighted by Gasteiger charge is -2.35. The zero-order chi connectivity index (χ0) is 10.5. The zero-order valence-corrected chi connectivity index (χ0v) is 9.72. The van der Waals surface area contributed by atoms with Crippen molar-refractivity contribution >= 4 is 0 Å². The lowest BCUT2D eigenvalue weighted by molar-refractivity contribution is 0.168. The third-order valence-electron chi connectivity index (χ3n) is 2.59. The van der Waals surface area contributed by atoms with Gasteiger partial charge in [0.25, 0.3) is 0 Å². The van der Waals surface area contributed by atoms with Crippen LogP contribution in [0.5, 0.6) is 0 Å². The number of hydrogen-bond donors (Lipinski definition) is 0. The Labute approximate surface area is 83.5 Å². The maximum absolute atomic E-state index is 5.54. The molecule has 1 heteroatoms. The summed E-state index contributed by atoms with van der Waals surface area (Å²) in [5.74, 6) is 2.88. The summed E-state index contributed by atoms with van der Waals surface area (Å²) in [4.78, 5) is 2.13. The molecule has 0 fully saturated rings. The van der Waals surface area contributed by atoms with Crippen LogP contribution in [0.3, 0.4) is 0 Å². The smallest absolute Gasteiger partial charge is 0.0758 e. The van der Waals surface area contributed by atoms with Crippen LogP contribution in [0.15, 0.2) is 0 Å². The first-order chi connectivity index (χ1) is 5.95. The predicted molar refractivity (Wildman–Crippen MR) is 59.6 cm³/mol. The van der Waals surface area contributed by atoms with Gasteiger partial charge in [-0.15, -0.1) is 6.42 Å². The van der Waals surface area contributed by atoms with Gasteiger partial charge in [0.2, 0.25) is 0 Å². The van der Waals surface area contributed by atoms with E-state index in [1.807, 2.05) is 0 Å². The Bertz CT molecular complexity index is 174. The molecule has 1 atom stereocenters. The van der Waals surface area contributed by atoms with Crippen molar-refractivity contribution in [2.24, 2.45) is 5.41 Å². The number of nitrogens with zero attached hydrogens (tertiary/aromatic N) is 1. The van der Waals surface area contributed by atoms with Gasteiger partial charge in [-0.1, -0.05) is 39.5 Å². The van der Waals surface area contributed by atoms with E-state index in [9.17, 15) is 0 Å². The number of rotatable bonds is 5. The highest BCUT2D eigenvalue weighted by molar-refractivity contribution is 5.05. The van der Waals surface area contributed by atoms with Gasteiger partial charge in [0.15, 0.2) is 0 Å². The number of hydrogen-bond acceptors (Lipinski definition) is 1. The highest BCUT2D eigenvalue weighted by atomic mass is 15.1. The van der Waals surface area contributed by atoms with Crippen LogP contribution in [-0.2, 0) is 0 Å². The summed E-state index contributed by atoms with van der Waals surface area (Å²) in [5, 5.41) is 0. The fourth-order valence-electron chi connectivity index (χ4n) is 1.84. The van der Waals surface area contributed by atoms with E-state index >= 15 is 0 Å². The summed E-state index contributed by atoms with van der Waals surface area (Å²) in [5.41, 5.74) is 0.230. The molecule has 0 rings (SSSR count). The molecule has 0 saturated heterocycles. The fourth-order valence-corrected chi connectivity index (χ4v) is 1.84. The van der Waals surface area contributed by atoms with Crippen LogP contribution in [0.4, 0.5) is 0 Å². The van der Waals surface area contributed by atoms with Gasteiger partial charge >= 0.3 is 0 Å². The van der Waals surface area contributed by atoms with Gasteiger partial charge < -0.3 is 0 Å². The molecule has 1 nitrogen and oxygen atoms in total. The lowest BCUT2D eigenvalue weighted by Crippen LogP contribution is -2.39. The van der Waals surface area contributed by atoms with Crippen LogP contribution in [-0.4, -0.2) is 25.0 Å². The Morgan fingerprint density at radius 2 is 1.92 bits per heavy atom. The van der Waals surface area contributed by atoms with Crippen molar-refractivity contribution in [3.63, 3.8) is 0 Å². The highest BCUT2D eigenvalue weighted by Crippen LogP contribution is 2.29. The number of terminal acetylenes is 1. The minimum atomic E-state index is 0.230. The maximum atomic E-state index is 5.54. The van der Waals surface area contributed by atoms with Crippen molar-refractivity contribution in [3.05, 3.63) is 0 Å². The Balaban J connectivity index is 4.31. The summed E-state index contributed by atoms with van der Waals surface area (Å²) < 4.78 is 0. The molecule has 0 amide bonds. The first-order valence-electron chi connectivity index (χ1n) is 5.08. The van der Waals surface area contributed by atoms with Crippen LogP contribution < -0.4 is 0 Å². The summed E-state index contributed by atoms with van der Waals surface area (Å²) in [6.07, 6.45) is 9.25. The van der Waals surface area contributed by atoms with Gasteiger partial charge in [0, 0.05) is 0 Å². The Kier molecular flexibility index (Phi) is 5.10. The second kappa shape index (κ2) is 5.29. The SMILES string of the molecule is C#C[C@@H](N(C)C)C(C)(C)CCCC. The molecular weight excluding hydrogens is 158 g/mol. The van der Waals surface area contributed by atoms with Crippen molar-refractivity contribution < 1.29 is 0 Å². The molecule has 13 heavy (non-hydrogen) atoms. The van der Waals surface area contributed by atoms with Gasteiger partial charge in [-0.05, 0) is 25.9 Å². The van der Waals surface area contributed by atoms with Crippen LogP contribution in [0.25, 0.3) is 0 Å². The minimum absolute atomic E-state index is 0.230. The van der Waals surface area contributed by atoms with Crippen molar-refractivity contribution in [2.45, 2.75) is 46.1 Å². The van der Waals surface area contributed by atoms with E-state index in [1.54, 1.807) is 0 Å². The topological polar surface area (TPSA) is 3.24 Å². The van der Waals surface area contributed by atoms with E-state index < -0.39 is 0 Å². The van der Waals surface area contributed by atoms with Crippen molar-refractivity contribution in [1.82, 2.24) is 4.90 Å². The monoisotopic (exact) mass is 181 g/mol. The molecule has 0 spiro atoms. The molecule has 0 aliphatic heterocycles. The average Bonchev–Trinajstić information content (AvgIpc) is 2.01. The van der Waals surface area contributed by atoms with E-state index in [1.165, 1.54) is 19.3 Å². The molecule has 0 aliphatic rings. The summed E-state index contributed by atoms with van der Waals surface area (Å²) in [6.45, 7) is 6.73. The van der Waals surface area contributed by atoms with E-state index in [0.29, 0.717) is 0 Å². The summed E-state index contributed by atoms with van der Waals surface area (Å²) >= 11 is 0. The molecule has 0 bridgehead atoms. The zero-order valence-electron chi connectivity index (χ0n) is 9.72. The molecule has 0 heterocycles. The van der Waals surface area contributed by atoms with Crippen LogP contribution in [0, 0.1) is 17.8 Å². The molecule has 0 N–H and O–H groups in total. The van der Waals surface area contributed by atoms with Gasteiger partial charge in [0.05, 0.1) is 6.04 Å². The third kappa shape index (κ3) is 3.83. The molecule has 76 valence electrons. The maximum Gasteiger partial charge on any atom is 0.0758 e. The second-order valence-corrected chi connectivity index (χ2v) is 4.62. The van der Waals surface area contributed by atoms with E-state index in [-0.39, 0.29) is 11.5 Å². The Hall–Kier alpha value is -0.480. The lowest BCUT2D eigenvalue weighted by atomic mass is 9.79. The van der Waals surface area contributed by atoms with Crippen molar-refractivity contribution in [3.8, 4) is 12.3 Å². The first kappa shape index (κ1) is 12.5. The molecule has 0 radical (unpaired) electrons. The average molecular weight is 181 g/mol. The van der Waals surface area contributed by atoms with E-state index in [2.05, 4.69) is 45.7 Å². The Morgan fingerprint density at radius 3 is 2.23 bits per heavy atom. The highest BCUT2D eigenvalue weighted by Gasteiger charge is 2.28. The Morgan fingerprint density at radius 1 is 1.38 bits per heavy atom. The van der Waals surface area contributed by atoms with Gasteiger partial charge in [-0.25, -0.2) is 0 Å². The second-order valence-electron chi connectivity index (χ2n) is 4.62. The molecule has 0 aliphatic carbocycles. The van der Waals surface area contributed by atoms with E-state index in [0.717, 1.165) is 0 Å². The first-order valence-corrected chi connectivity index (χ1v) is 5.08. The van der Waals surface area contributed by atoms with Crippen LogP contribution in [0.2, 0.25) is 0 Å². The summed E-state index contributed by atoms with van der Waals surface area (Å²) in [6, 6.07) is 0.249. The van der Waals surface area contributed by atoms with Crippen molar-refractivity contribution in [2.75, 3.05) is 14.1 Å². The molecule has 0 aromatic rings. The van der Waals surface area contributed by atoms with Crippen LogP contribution >= 0.6 is 0 Å². The molecule has 0 aromatic heterocycles. The van der Waals surface area contributed by atoms with E-state index in [4.69, 9.17) is 6.42 Å². The standard InChI is InChI=1S/C12H23N/c1-7-9-10-12(3,4)11(8-2)13(5)6/h2,11H,7,9-10H2,1,3-6H3/t11-/m1/s1. The van der Waals surface area contributed by atoms with Crippen molar-refractivity contribution in [1.29, 1.82) is 0 Å².